The third kappa shape index (κ3) is 3.98. The van der Waals surface area contributed by atoms with Gasteiger partial charge in [-0.15, -0.1) is 12.4 Å². The summed E-state index contributed by atoms with van der Waals surface area (Å²) in [5.74, 6) is 0.00519. The lowest BCUT2D eigenvalue weighted by Crippen LogP contribution is -2.55. The summed E-state index contributed by atoms with van der Waals surface area (Å²) < 4.78 is 0. The molecule has 1 fully saturated rings. The van der Waals surface area contributed by atoms with E-state index >= 15 is 0 Å². The lowest BCUT2D eigenvalue weighted by atomic mass is 9.81. The van der Waals surface area contributed by atoms with Gasteiger partial charge in [0.05, 0.1) is 11.6 Å². The Morgan fingerprint density at radius 3 is 2.48 bits per heavy atom. The summed E-state index contributed by atoms with van der Waals surface area (Å²) in [6.45, 7) is 6.23. The predicted molar refractivity (Wildman–Crippen MR) is 89.7 cm³/mol. The number of carbonyl (C=O) groups is 1. The first kappa shape index (κ1) is 18.0. The first-order chi connectivity index (χ1) is 9.44. The molecular formula is C17H27ClN2O. The van der Waals surface area contributed by atoms with E-state index in [1.54, 1.807) is 0 Å². The third-order valence-corrected chi connectivity index (χ3v) is 4.66. The Bertz CT molecular complexity index is 496. The molecule has 0 saturated heterocycles. The smallest absolute Gasteiger partial charge is 0.240 e. The minimum Gasteiger partial charge on any atom is -0.348 e. The van der Waals surface area contributed by atoms with Crippen molar-refractivity contribution in [3.8, 4) is 0 Å². The summed E-state index contributed by atoms with van der Waals surface area (Å²) in [5.41, 5.74) is 9.30. The van der Waals surface area contributed by atoms with Crippen molar-refractivity contribution in [2.24, 2.45) is 5.73 Å². The molecule has 1 saturated carbocycles. The van der Waals surface area contributed by atoms with Crippen molar-refractivity contribution >= 4 is 18.3 Å². The van der Waals surface area contributed by atoms with Gasteiger partial charge in [0.25, 0.3) is 0 Å². The zero-order valence-electron chi connectivity index (χ0n) is 13.2. The molecule has 1 unspecified atom stereocenters. The fraction of sp³-hybridized carbons (Fsp3) is 0.588. The molecule has 0 aromatic heterocycles. The van der Waals surface area contributed by atoms with E-state index in [1.807, 2.05) is 13.0 Å². The van der Waals surface area contributed by atoms with E-state index in [1.165, 1.54) is 23.1 Å². The Balaban J connectivity index is 0.00000220. The van der Waals surface area contributed by atoms with Gasteiger partial charge in [0.15, 0.2) is 0 Å². The highest BCUT2D eigenvalue weighted by atomic mass is 35.5. The maximum absolute atomic E-state index is 12.5. The quantitative estimate of drug-likeness (QED) is 0.897. The van der Waals surface area contributed by atoms with Crippen molar-refractivity contribution in [2.75, 3.05) is 0 Å². The van der Waals surface area contributed by atoms with Gasteiger partial charge < -0.3 is 11.1 Å². The zero-order chi connectivity index (χ0) is 14.8. The van der Waals surface area contributed by atoms with Crippen LogP contribution in [0.3, 0.4) is 0 Å². The van der Waals surface area contributed by atoms with E-state index in [0.29, 0.717) is 0 Å². The Hall–Kier alpha value is -1.06. The molecule has 4 heteroatoms. The third-order valence-electron chi connectivity index (χ3n) is 4.66. The van der Waals surface area contributed by atoms with Crippen molar-refractivity contribution in [3.63, 3.8) is 0 Å². The number of hydrogen-bond donors (Lipinski definition) is 2. The number of hydrogen-bond acceptors (Lipinski definition) is 2. The fourth-order valence-electron chi connectivity index (χ4n) is 3.07. The van der Waals surface area contributed by atoms with Gasteiger partial charge in [-0.1, -0.05) is 37.5 Å². The Labute approximate surface area is 134 Å². The molecule has 0 aliphatic heterocycles. The molecule has 1 aliphatic carbocycles. The van der Waals surface area contributed by atoms with E-state index in [-0.39, 0.29) is 24.4 Å². The van der Waals surface area contributed by atoms with Crippen LogP contribution in [0.5, 0.6) is 0 Å². The molecule has 1 aromatic carbocycles. The van der Waals surface area contributed by atoms with Gasteiger partial charge in [0.2, 0.25) is 5.91 Å². The van der Waals surface area contributed by atoms with Crippen molar-refractivity contribution in [1.29, 1.82) is 0 Å². The lowest BCUT2D eigenvalue weighted by molar-refractivity contribution is -0.128. The highest BCUT2D eigenvalue weighted by molar-refractivity contribution is 5.86. The minimum absolute atomic E-state index is 0. The maximum atomic E-state index is 12.5. The van der Waals surface area contributed by atoms with E-state index in [2.05, 4.69) is 31.3 Å². The second-order valence-electron chi connectivity index (χ2n) is 6.20. The van der Waals surface area contributed by atoms with Gasteiger partial charge in [-0.3, -0.25) is 4.79 Å². The van der Waals surface area contributed by atoms with Gasteiger partial charge in [-0.25, -0.2) is 0 Å². The van der Waals surface area contributed by atoms with Crippen molar-refractivity contribution in [1.82, 2.24) is 5.32 Å². The first-order valence-corrected chi connectivity index (χ1v) is 7.60. The Morgan fingerprint density at radius 1 is 1.24 bits per heavy atom. The summed E-state index contributed by atoms with van der Waals surface area (Å²) in [7, 11) is 0. The molecular weight excluding hydrogens is 284 g/mol. The van der Waals surface area contributed by atoms with Crippen LogP contribution in [0.4, 0.5) is 0 Å². The predicted octanol–water partition coefficient (Wildman–Crippen LogP) is 3.56. The monoisotopic (exact) mass is 310 g/mol. The van der Waals surface area contributed by atoms with Crippen LogP contribution in [0.15, 0.2) is 18.2 Å². The van der Waals surface area contributed by atoms with E-state index in [4.69, 9.17) is 5.73 Å². The largest absolute Gasteiger partial charge is 0.348 e. The van der Waals surface area contributed by atoms with Crippen LogP contribution in [-0.2, 0) is 4.79 Å². The summed E-state index contributed by atoms with van der Waals surface area (Å²) in [5, 5.41) is 3.11. The van der Waals surface area contributed by atoms with Gasteiger partial charge in [-0.2, -0.15) is 0 Å². The second-order valence-corrected chi connectivity index (χ2v) is 6.20. The lowest BCUT2D eigenvalue weighted by Gasteiger charge is -2.33. The highest BCUT2D eigenvalue weighted by Gasteiger charge is 2.35. The molecule has 1 atom stereocenters. The summed E-state index contributed by atoms with van der Waals surface area (Å²) in [4.78, 5) is 12.5. The number of halogens is 1. The molecule has 21 heavy (non-hydrogen) atoms. The minimum atomic E-state index is -0.662. The molecule has 1 aliphatic rings. The van der Waals surface area contributed by atoms with E-state index in [9.17, 15) is 4.79 Å². The molecule has 3 nitrogen and oxygen atoms in total. The molecule has 3 N–H and O–H groups in total. The standard InChI is InChI=1S/C17H26N2O.ClH/c1-12-8-7-9-15(13(12)2)14(3)19-16(20)17(18)10-5-4-6-11-17;/h7-9,14H,4-6,10-11,18H2,1-3H3,(H,19,20);1H. The van der Waals surface area contributed by atoms with Crippen LogP contribution >= 0.6 is 12.4 Å². The summed E-state index contributed by atoms with van der Waals surface area (Å²) in [6, 6.07) is 6.22. The van der Waals surface area contributed by atoms with Crippen molar-refractivity contribution in [3.05, 3.63) is 34.9 Å². The molecule has 0 heterocycles. The number of carbonyl (C=O) groups excluding carboxylic acids is 1. The molecule has 2 rings (SSSR count). The normalized spacial score (nSPS) is 18.5. The molecule has 0 radical (unpaired) electrons. The number of aryl methyl sites for hydroxylation is 1. The van der Waals surface area contributed by atoms with Crippen molar-refractivity contribution in [2.45, 2.75) is 64.5 Å². The van der Waals surface area contributed by atoms with Crippen LogP contribution < -0.4 is 11.1 Å². The molecule has 0 bridgehead atoms. The molecule has 0 spiro atoms. The van der Waals surface area contributed by atoms with Gasteiger partial charge in [0, 0.05) is 0 Å². The summed E-state index contributed by atoms with van der Waals surface area (Å²) >= 11 is 0. The number of amides is 1. The Kier molecular flexibility index (Phi) is 6.24. The average molecular weight is 311 g/mol. The zero-order valence-corrected chi connectivity index (χ0v) is 14.1. The number of nitrogens with one attached hydrogen (secondary N) is 1. The molecule has 1 aromatic rings. The van der Waals surface area contributed by atoms with Crippen LogP contribution in [0.1, 0.15) is 61.8 Å². The average Bonchev–Trinajstić information content (AvgIpc) is 2.42. The van der Waals surface area contributed by atoms with Gasteiger partial charge in [-0.05, 0) is 50.3 Å². The van der Waals surface area contributed by atoms with Crippen LogP contribution in [0.2, 0.25) is 0 Å². The van der Waals surface area contributed by atoms with Crippen LogP contribution in [0.25, 0.3) is 0 Å². The van der Waals surface area contributed by atoms with E-state index < -0.39 is 5.54 Å². The van der Waals surface area contributed by atoms with Crippen molar-refractivity contribution < 1.29 is 4.79 Å². The molecule has 118 valence electrons. The SMILES string of the molecule is Cc1cccc(C(C)NC(=O)C2(N)CCCCC2)c1C.Cl. The Morgan fingerprint density at radius 2 is 1.86 bits per heavy atom. The highest BCUT2D eigenvalue weighted by Crippen LogP contribution is 2.27. The van der Waals surface area contributed by atoms with Crippen LogP contribution in [0, 0.1) is 13.8 Å². The van der Waals surface area contributed by atoms with Gasteiger partial charge in [0.1, 0.15) is 0 Å². The second kappa shape index (κ2) is 7.28. The number of rotatable bonds is 3. The van der Waals surface area contributed by atoms with Gasteiger partial charge >= 0.3 is 0 Å². The summed E-state index contributed by atoms with van der Waals surface area (Å²) in [6.07, 6.45) is 4.92. The first-order valence-electron chi connectivity index (χ1n) is 7.60. The topological polar surface area (TPSA) is 55.1 Å². The number of benzene rings is 1. The van der Waals surface area contributed by atoms with E-state index in [0.717, 1.165) is 25.7 Å². The van der Waals surface area contributed by atoms with Crippen LogP contribution in [-0.4, -0.2) is 11.4 Å². The fourth-order valence-corrected chi connectivity index (χ4v) is 3.07. The maximum Gasteiger partial charge on any atom is 0.240 e. The number of nitrogens with two attached hydrogens (primary N) is 1. The molecule has 1 amide bonds.